The Kier molecular flexibility index (Phi) is 2.82. The van der Waals surface area contributed by atoms with Gasteiger partial charge in [0, 0.05) is 30.1 Å². The fourth-order valence-electron chi connectivity index (χ4n) is 2.68. The van der Waals surface area contributed by atoms with Crippen LogP contribution in [0.5, 0.6) is 5.75 Å². The smallest absolute Gasteiger partial charge is 0.136 e. The van der Waals surface area contributed by atoms with Gasteiger partial charge in [0.25, 0.3) is 0 Å². The van der Waals surface area contributed by atoms with Crippen molar-refractivity contribution in [1.29, 1.82) is 0 Å². The summed E-state index contributed by atoms with van der Waals surface area (Å²) >= 11 is 0. The zero-order valence-corrected chi connectivity index (χ0v) is 11.4. The Labute approximate surface area is 113 Å². The lowest BCUT2D eigenvalue weighted by Gasteiger charge is -2.48. The van der Waals surface area contributed by atoms with Crippen LogP contribution < -0.4 is 15.4 Å². The van der Waals surface area contributed by atoms with Gasteiger partial charge in [-0.15, -0.1) is 0 Å². The number of anilines is 1. The Balaban J connectivity index is 2.02. The van der Waals surface area contributed by atoms with Crippen LogP contribution in [-0.4, -0.2) is 30.7 Å². The standard InChI is InChI=1S/C15H19N3O/c1-3-15(16)9-18(10-15)14-12-5-4-6-13(19-2)11(12)7-8-17-14/h4-8H,3,9-10,16H2,1-2H3. The minimum Gasteiger partial charge on any atom is -0.496 e. The summed E-state index contributed by atoms with van der Waals surface area (Å²) in [7, 11) is 1.69. The molecule has 0 saturated carbocycles. The Hall–Kier alpha value is -1.81. The maximum absolute atomic E-state index is 6.24. The number of ether oxygens (including phenoxy) is 1. The second kappa shape index (κ2) is 4.38. The Bertz CT molecular complexity index is 605. The van der Waals surface area contributed by atoms with Gasteiger partial charge in [-0.05, 0) is 18.6 Å². The predicted octanol–water partition coefficient (Wildman–Crippen LogP) is 2.17. The van der Waals surface area contributed by atoms with Crippen molar-refractivity contribution < 1.29 is 4.74 Å². The van der Waals surface area contributed by atoms with Crippen LogP contribution in [0.3, 0.4) is 0 Å². The molecule has 0 unspecified atom stereocenters. The number of pyridine rings is 1. The van der Waals surface area contributed by atoms with E-state index in [9.17, 15) is 0 Å². The lowest BCUT2D eigenvalue weighted by atomic mass is 9.88. The van der Waals surface area contributed by atoms with E-state index in [0.29, 0.717) is 0 Å². The van der Waals surface area contributed by atoms with Gasteiger partial charge in [0.05, 0.1) is 12.6 Å². The van der Waals surface area contributed by atoms with Crippen molar-refractivity contribution in [1.82, 2.24) is 4.98 Å². The van der Waals surface area contributed by atoms with Gasteiger partial charge in [0.15, 0.2) is 0 Å². The topological polar surface area (TPSA) is 51.4 Å². The number of rotatable bonds is 3. The van der Waals surface area contributed by atoms with Crippen LogP contribution in [0.15, 0.2) is 30.5 Å². The average molecular weight is 257 g/mol. The molecule has 0 spiro atoms. The van der Waals surface area contributed by atoms with Crippen molar-refractivity contribution in [2.24, 2.45) is 5.73 Å². The van der Waals surface area contributed by atoms with Crippen LogP contribution in [0, 0.1) is 0 Å². The largest absolute Gasteiger partial charge is 0.496 e. The summed E-state index contributed by atoms with van der Waals surface area (Å²) < 4.78 is 5.40. The number of aromatic nitrogens is 1. The lowest BCUT2D eigenvalue weighted by molar-refractivity contribution is 0.321. The molecule has 2 N–H and O–H groups in total. The van der Waals surface area contributed by atoms with E-state index in [0.717, 1.165) is 41.9 Å². The van der Waals surface area contributed by atoms with Crippen molar-refractivity contribution in [3.63, 3.8) is 0 Å². The molecule has 0 atom stereocenters. The van der Waals surface area contributed by atoms with E-state index in [1.807, 2.05) is 24.4 Å². The van der Waals surface area contributed by atoms with Crippen molar-refractivity contribution >= 4 is 16.6 Å². The van der Waals surface area contributed by atoms with E-state index < -0.39 is 0 Å². The molecule has 0 radical (unpaired) electrons. The first-order valence-corrected chi connectivity index (χ1v) is 6.62. The molecular weight excluding hydrogens is 238 g/mol. The summed E-state index contributed by atoms with van der Waals surface area (Å²) in [5, 5.41) is 2.22. The second-order valence-electron chi connectivity index (χ2n) is 5.26. The highest BCUT2D eigenvalue weighted by Gasteiger charge is 2.38. The van der Waals surface area contributed by atoms with Gasteiger partial charge in [0.1, 0.15) is 11.6 Å². The number of hydrogen-bond donors (Lipinski definition) is 1. The normalized spacial score (nSPS) is 17.3. The number of nitrogens with two attached hydrogens (primary N) is 1. The summed E-state index contributed by atoms with van der Waals surface area (Å²) in [6.07, 6.45) is 2.83. The van der Waals surface area contributed by atoms with Gasteiger partial charge in [-0.1, -0.05) is 19.1 Å². The number of methoxy groups -OCH3 is 1. The van der Waals surface area contributed by atoms with Crippen molar-refractivity contribution in [2.75, 3.05) is 25.1 Å². The molecule has 0 amide bonds. The molecule has 1 aliphatic rings. The zero-order chi connectivity index (χ0) is 13.5. The van der Waals surface area contributed by atoms with Crippen LogP contribution in [0.25, 0.3) is 10.8 Å². The first kappa shape index (κ1) is 12.2. The van der Waals surface area contributed by atoms with Crippen molar-refractivity contribution in [2.45, 2.75) is 18.9 Å². The molecule has 1 aromatic heterocycles. The lowest BCUT2D eigenvalue weighted by Crippen LogP contribution is -2.67. The fraction of sp³-hybridized carbons (Fsp3) is 0.400. The maximum atomic E-state index is 6.24. The third-order valence-electron chi connectivity index (χ3n) is 3.98. The molecule has 1 fully saturated rings. The minimum atomic E-state index is -0.0529. The van der Waals surface area contributed by atoms with E-state index in [1.54, 1.807) is 7.11 Å². The molecule has 1 aromatic carbocycles. The maximum Gasteiger partial charge on any atom is 0.136 e. The quantitative estimate of drug-likeness (QED) is 0.915. The highest BCUT2D eigenvalue weighted by atomic mass is 16.5. The highest BCUT2D eigenvalue weighted by Crippen LogP contribution is 2.35. The van der Waals surface area contributed by atoms with E-state index in [4.69, 9.17) is 10.5 Å². The molecule has 100 valence electrons. The molecule has 19 heavy (non-hydrogen) atoms. The summed E-state index contributed by atoms with van der Waals surface area (Å²) in [5.74, 6) is 1.89. The second-order valence-corrected chi connectivity index (χ2v) is 5.26. The monoisotopic (exact) mass is 257 g/mol. The van der Waals surface area contributed by atoms with Gasteiger partial charge in [-0.25, -0.2) is 4.98 Å². The van der Waals surface area contributed by atoms with Crippen LogP contribution >= 0.6 is 0 Å². The van der Waals surface area contributed by atoms with Crippen LogP contribution in [-0.2, 0) is 0 Å². The van der Waals surface area contributed by atoms with Crippen molar-refractivity contribution in [3.8, 4) is 5.75 Å². The van der Waals surface area contributed by atoms with Gasteiger partial charge in [0.2, 0.25) is 0 Å². The van der Waals surface area contributed by atoms with Gasteiger partial charge in [-0.2, -0.15) is 0 Å². The third-order valence-corrected chi connectivity index (χ3v) is 3.98. The Morgan fingerprint density at radius 1 is 1.32 bits per heavy atom. The first-order chi connectivity index (χ1) is 9.17. The van der Waals surface area contributed by atoms with E-state index in [-0.39, 0.29) is 5.54 Å². The van der Waals surface area contributed by atoms with Gasteiger partial charge >= 0.3 is 0 Å². The van der Waals surface area contributed by atoms with Crippen LogP contribution in [0.4, 0.5) is 5.82 Å². The molecule has 1 aliphatic heterocycles. The molecule has 1 saturated heterocycles. The Morgan fingerprint density at radius 3 is 2.79 bits per heavy atom. The van der Waals surface area contributed by atoms with E-state index in [2.05, 4.69) is 22.9 Å². The van der Waals surface area contributed by atoms with Gasteiger partial charge in [-0.3, -0.25) is 0 Å². The molecule has 0 aliphatic carbocycles. The predicted molar refractivity (Wildman–Crippen MR) is 77.7 cm³/mol. The number of hydrogen-bond acceptors (Lipinski definition) is 4. The van der Waals surface area contributed by atoms with Gasteiger partial charge < -0.3 is 15.4 Å². The molecule has 2 heterocycles. The minimum absolute atomic E-state index is 0.0529. The third kappa shape index (κ3) is 1.92. The summed E-state index contributed by atoms with van der Waals surface area (Å²) in [4.78, 5) is 6.76. The summed E-state index contributed by atoms with van der Waals surface area (Å²) in [5.41, 5.74) is 6.18. The Morgan fingerprint density at radius 2 is 2.11 bits per heavy atom. The molecule has 0 bridgehead atoms. The number of benzene rings is 1. The first-order valence-electron chi connectivity index (χ1n) is 6.62. The van der Waals surface area contributed by atoms with Crippen LogP contribution in [0.1, 0.15) is 13.3 Å². The molecule has 2 aromatic rings. The molecular formula is C15H19N3O. The van der Waals surface area contributed by atoms with E-state index in [1.165, 1.54) is 0 Å². The number of fused-ring (bicyclic) bond motifs is 1. The molecule has 4 nitrogen and oxygen atoms in total. The summed E-state index contributed by atoms with van der Waals surface area (Å²) in [6, 6.07) is 8.05. The number of nitrogens with zero attached hydrogens (tertiary/aromatic N) is 2. The highest BCUT2D eigenvalue weighted by molar-refractivity contribution is 5.96. The van der Waals surface area contributed by atoms with Crippen LogP contribution in [0.2, 0.25) is 0 Å². The van der Waals surface area contributed by atoms with E-state index >= 15 is 0 Å². The molecule has 4 heteroatoms. The SMILES string of the molecule is CCC1(N)CN(c2nccc3c(OC)cccc23)C1. The summed E-state index contributed by atoms with van der Waals surface area (Å²) in [6.45, 7) is 3.87. The van der Waals surface area contributed by atoms with Crippen molar-refractivity contribution in [3.05, 3.63) is 30.5 Å². The average Bonchev–Trinajstić information content (AvgIpc) is 2.42. The molecule has 3 rings (SSSR count). The zero-order valence-electron chi connectivity index (χ0n) is 11.4. The fourth-order valence-corrected chi connectivity index (χ4v) is 2.68.